The number of nitriles is 1. The van der Waals surface area contributed by atoms with Gasteiger partial charge < -0.3 is 5.32 Å². The van der Waals surface area contributed by atoms with Crippen molar-refractivity contribution >= 4 is 45.9 Å². The van der Waals surface area contributed by atoms with Gasteiger partial charge in [-0.1, -0.05) is 17.8 Å². The highest BCUT2D eigenvalue weighted by Gasteiger charge is 2.13. The first-order valence-electron chi connectivity index (χ1n) is 6.43. The summed E-state index contributed by atoms with van der Waals surface area (Å²) >= 11 is 3.40. The van der Waals surface area contributed by atoms with Crippen LogP contribution in [0.4, 0.5) is 5.69 Å². The van der Waals surface area contributed by atoms with Crippen molar-refractivity contribution in [2.75, 3.05) is 11.1 Å². The molecule has 0 saturated heterocycles. The number of halogens is 1. The molecule has 22 heavy (non-hydrogen) atoms. The smallest absolute Gasteiger partial charge is 0.234 e. The Morgan fingerprint density at radius 3 is 2.86 bits per heavy atom. The summed E-state index contributed by atoms with van der Waals surface area (Å²) in [6, 6.07) is 9.69. The highest BCUT2D eigenvalue weighted by atomic mass is 127. The van der Waals surface area contributed by atoms with Gasteiger partial charge in [0.25, 0.3) is 0 Å². The van der Waals surface area contributed by atoms with Crippen molar-refractivity contribution in [3.05, 3.63) is 44.7 Å². The molecule has 0 unspecified atom stereocenters. The topological polar surface area (TPSA) is 78.7 Å². The molecule has 0 atom stereocenters. The zero-order valence-electron chi connectivity index (χ0n) is 12.1. The number of nitrogens with one attached hydrogen (secondary N) is 1. The number of thioether (sulfide) groups is 1. The van der Waals surface area contributed by atoms with Crippen LogP contribution in [0.5, 0.6) is 0 Å². The minimum absolute atomic E-state index is 0.143. The molecule has 1 aromatic heterocycles. The average molecular weight is 424 g/mol. The molecule has 5 nitrogen and oxygen atoms in total. The van der Waals surface area contributed by atoms with Gasteiger partial charge in [0.2, 0.25) is 5.91 Å². The molecule has 2 aromatic rings. The van der Waals surface area contributed by atoms with Crippen LogP contribution in [-0.2, 0) is 4.79 Å². The van der Waals surface area contributed by atoms with Crippen LogP contribution < -0.4 is 5.32 Å². The van der Waals surface area contributed by atoms with Crippen LogP contribution in [-0.4, -0.2) is 21.9 Å². The fraction of sp³-hybridized carbons (Fsp3) is 0.200. The fourth-order valence-electron chi connectivity index (χ4n) is 1.72. The lowest BCUT2D eigenvalue weighted by molar-refractivity contribution is -0.113. The molecule has 1 N–H and O–H groups in total. The summed E-state index contributed by atoms with van der Waals surface area (Å²) in [6.07, 6.45) is 0. The maximum absolute atomic E-state index is 12.0. The van der Waals surface area contributed by atoms with Gasteiger partial charge in [-0.2, -0.15) is 10.4 Å². The van der Waals surface area contributed by atoms with Gasteiger partial charge in [0.1, 0.15) is 11.1 Å². The first-order valence-corrected chi connectivity index (χ1v) is 8.50. The number of carbonyl (C=O) groups excluding carboxylic acids is 1. The number of anilines is 1. The summed E-state index contributed by atoms with van der Waals surface area (Å²) in [5.41, 5.74) is 2.77. The molecule has 7 heteroatoms. The van der Waals surface area contributed by atoms with E-state index in [2.05, 4.69) is 44.2 Å². The van der Waals surface area contributed by atoms with Crippen LogP contribution in [0.3, 0.4) is 0 Å². The highest BCUT2D eigenvalue weighted by Crippen LogP contribution is 2.23. The van der Waals surface area contributed by atoms with Crippen LogP contribution >= 0.6 is 34.4 Å². The lowest BCUT2D eigenvalue weighted by Crippen LogP contribution is -2.14. The summed E-state index contributed by atoms with van der Waals surface area (Å²) < 4.78 is 1.05. The number of carbonyl (C=O) groups is 1. The van der Waals surface area contributed by atoms with Crippen molar-refractivity contribution < 1.29 is 4.79 Å². The first kappa shape index (κ1) is 16.7. The van der Waals surface area contributed by atoms with Gasteiger partial charge in [-0.05, 0) is 60.2 Å². The Kier molecular flexibility index (Phi) is 5.74. The normalized spacial score (nSPS) is 10.1. The van der Waals surface area contributed by atoms with Crippen LogP contribution in [0.1, 0.15) is 16.8 Å². The second kappa shape index (κ2) is 7.56. The van der Waals surface area contributed by atoms with Crippen LogP contribution in [0, 0.1) is 28.7 Å². The summed E-state index contributed by atoms with van der Waals surface area (Å²) in [4.78, 5) is 12.0. The monoisotopic (exact) mass is 424 g/mol. The predicted octanol–water partition coefficient (Wildman–Crippen LogP) is 3.30. The molecule has 1 amide bonds. The van der Waals surface area contributed by atoms with E-state index in [0.29, 0.717) is 10.6 Å². The van der Waals surface area contributed by atoms with E-state index in [1.54, 1.807) is 6.92 Å². The molecule has 0 bridgehead atoms. The maximum Gasteiger partial charge on any atom is 0.234 e. The Morgan fingerprint density at radius 1 is 1.41 bits per heavy atom. The SMILES string of the molecule is Cc1nnc(SCC(=O)Nc2cccc(I)c2)c(C#N)c1C. The molecule has 0 aliphatic rings. The largest absolute Gasteiger partial charge is 0.325 e. The average Bonchev–Trinajstić information content (AvgIpc) is 2.48. The standard InChI is InChI=1S/C15H13IN4OS/c1-9-10(2)19-20-15(13(9)7-17)22-8-14(21)18-12-5-3-4-11(16)6-12/h3-6H,8H2,1-2H3,(H,18,21). The third-order valence-electron chi connectivity index (χ3n) is 2.98. The number of hydrogen-bond donors (Lipinski definition) is 1. The Hall–Kier alpha value is -1.66. The molecule has 0 fully saturated rings. The lowest BCUT2D eigenvalue weighted by atomic mass is 10.1. The highest BCUT2D eigenvalue weighted by molar-refractivity contribution is 14.1. The zero-order valence-corrected chi connectivity index (χ0v) is 15.0. The van der Waals surface area contributed by atoms with Crippen LogP contribution in [0.2, 0.25) is 0 Å². The molecule has 0 spiro atoms. The number of hydrogen-bond acceptors (Lipinski definition) is 5. The molecular weight excluding hydrogens is 411 g/mol. The number of amides is 1. The molecule has 0 aliphatic carbocycles. The molecule has 1 heterocycles. The Morgan fingerprint density at radius 2 is 2.18 bits per heavy atom. The Balaban J connectivity index is 2.03. The van der Waals surface area contributed by atoms with Gasteiger partial charge >= 0.3 is 0 Å². The summed E-state index contributed by atoms with van der Waals surface area (Å²) in [5.74, 6) is 0.0352. The van der Waals surface area contributed by atoms with Gasteiger partial charge in [0.05, 0.1) is 17.0 Å². The fourth-order valence-corrected chi connectivity index (χ4v) is 3.04. The molecule has 112 valence electrons. The van der Waals surface area contributed by atoms with Crippen molar-refractivity contribution in [1.82, 2.24) is 10.2 Å². The van der Waals surface area contributed by atoms with Gasteiger partial charge in [0, 0.05) is 9.26 Å². The Labute approximate surface area is 146 Å². The summed E-state index contributed by atoms with van der Waals surface area (Å²) in [6.45, 7) is 3.64. The van der Waals surface area contributed by atoms with E-state index in [-0.39, 0.29) is 11.7 Å². The number of nitrogens with zero attached hydrogens (tertiary/aromatic N) is 3. The second-order valence-corrected chi connectivity index (χ2v) is 6.76. The van der Waals surface area contributed by atoms with E-state index in [9.17, 15) is 10.1 Å². The summed E-state index contributed by atoms with van der Waals surface area (Å²) in [5, 5.41) is 20.6. The molecule has 0 aliphatic heterocycles. The quantitative estimate of drug-likeness (QED) is 0.602. The van der Waals surface area contributed by atoms with Crippen molar-refractivity contribution in [3.63, 3.8) is 0 Å². The molecule has 0 saturated carbocycles. The molecule has 2 rings (SSSR count). The number of aromatic nitrogens is 2. The van der Waals surface area contributed by atoms with Crippen molar-refractivity contribution in [2.45, 2.75) is 18.9 Å². The van der Waals surface area contributed by atoms with Crippen molar-refractivity contribution in [2.24, 2.45) is 0 Å². The van der Waals surface area contributed by atoms with E-state index < -0.39 is 0 Å². The van der Waals surface area contributed by atoms with Crippen LogP contribution in [0.15, 0.2) is 29.3 Å². The van der Waals surface area contributed by atoms with Gasteiger partial charge in [-0.15, -0.1) is 5.10 Å². The van der Waals surface area contributed by atoms with E-state index in [4.69, 9.17) is 0 Å². The number of aryl methyl sites for hydroxylation is 1. The first-order chi connectivity index (χ1) is 10.5. The number of benzene rings is 1. The molecule has 0 radical (unpaired) electrons. The number of rotatable bonds is 4. The predicted molar refractivity (Wildman–Crippen MR) is 94.7 cm³/mol. The van der Waals surface area contributed by atoms with E-state index in [0.717, 1.165) is 20.5 Å². The van der Waals surface area contributed by atoms with E-state index in [1.165, 1.54) is 11.8 Å². The maximum atomic E-state index is 12.0. The second-order valence-electron chi connectivity index (χ2n) is 4.55. The van der Waals surface area contributed by atoms with Crippen molar-refractivity contribution in [1.29, 1.82) is 5.26 Å². The van der Waals surface area contributed by atoms with Crippen LogP contribution in [0.25, 0.3) is 0 Å². The van der Waals surface area contributed by atoms with Gasteiger partial charge in [0.15, 0.2) is 0 Å². The van der Waals surface area contributed by atoms with Gasteiger partial charge in [-0.25, -0.2) is 0 Å². The van der Waals surface area contributed by atoms with E-state index in [1.807, 2.05) is 31.2 Å². The molecule has 1 aromatic carbocycles. The minimum Gasteiger partial charge on any atom is -0.325 e. The third kappa shape index (κ3) is 4.18. The zero-order chi connectivity index (χ0) is 16.1. The molecular formula is C15H13IN4OS. The Bertz CT molecular complexity index is 758. The lowest BCUT2D eigenvalue weighted by Gasteiger charge is -2.07. The third-order valence-corrected chi connectivity index (χ3v) is 4.62. The summed E-state index contributed by atoms with van der Waals surface area (Å²) in [7, 11) is 0. The van der Waals surface area contributed by atoms with E-state index >= 15 is 0 Å². The van der Waals surface area contributed by atoms with Gasteiger partial charge in [-0.3, -0.25) is 4.79 Å². The minimum atomic E-state index is -0.143. The van der Waals surface area contributed by atoms with Crippen molar-refractivity contribution in [3.8, 4) is 6.07 Å².